The van der Waals surface area contributed by atoms with Crippen LogP contribution in [0.5, 0.6) is 0 Å². The molecule has 0 radical (unpaired) electrons. The molecule has 0 aliphatic carbocycles. The number of aromatic nitrogens is 1. The van der Waals surface area contributed by atoms with Gasteiger partial charge in [-0.05, 0) is 45.8 Å². The zero-order valence-corrected chi connectivity index (χ0v) is 11.5. The van der Waals surface area contributed by atoms with Crippen LogP contribution in [-0.2, 0) is 6.42 Å². The SMILES string of the molecule is O=C(Cc1ccc(Cl)cc1F)c1ccc(Br)cn1. The fraction of sp³-hybridized carbons (Fsp3) is 0.0769. The van der Waals surface area contributed by atoms with Crippen molar-refractivity contribution >= 4 is 33.3 Å². The molecule has 0 aliphatic rings. The molecule has 92 valence electrons. The molecule has 0 bridgehead atoms. The van der Waals surface area contributed by atoms with Crippen molar-refractivity contribution in [2.24, 2.45) is 0 Å². The highest BCUT2D eigenvalue weighted by Gasteiger charge is 2.11. The number of hydrogen-bond donors (Lipinski definition) is 0. The van der Waals surface area contributed by atoms with Crippen LogP contribution in [-0.4, -0.2) is 10.8 Å². The van der Waals surface area contributed by atoms with Crippen molar-refractivity contribution in [3.8, 4) is 0 Å². The number of ketones is 1. The monoisotopic (exact) mass is 327 g/mol. The number of benzene rings is 1. The number of rotatable bonds is 3. The van der Waals surface area contributed by atoms with Crippen molar-refractivity contribution < 1.29 is 9.18 Å². The molecule has 2 rings (SSSR count). The molecule has 2 aromatic rings. The van der Waals surface area contributed by atoms with E-state index < -0.39 is 5.82 Å². The summed E-state index contributed by atoms with van der Waals surface area (Å²) in [4.78, 5) is 15.9. The first-order valence-electron chi connectivity index (χ1n) is 5.15. The summed E-state index contributed by atoms with van der Waals surface area (Å²) in [5, 5.41) is 0.311. The van der Waals surface area contributed by atoms with Gasteiger partial charge in [-0.15, -0.1) is 0 Å². The van der Waals surface area contributed by atoms with Crippen LogP contribution >= 0.6 is 27.5 Å². The van der Waals surface area contributed by atoms with E-state index in [1.54, 1.807) is 18.2 Å². The highest BCUT2D eigenvalue weighted by Crippen LogP contribution is 2.16. The summed E-state index contributed by atoms with van der Waals surface area (Å²) in [6, 6.07) is 7.58. The summed E-state index contributed by atoms with van der Waals surface area (Å²) < 4.78 is 14.3. The van der Waals surface area contributed by atoms with E-state index in [1.807, 2.05) is 0 Å². The number of carbonyl (C=O) groups is 1. The minimum absolute atomic E-state index is 0.0301. The van der Waals surface area contributed by atoms with Gasteiger partial charge in [0.15, 0.2) is 5.78 Å². The third-order valence-electron chi connectivity index (χ3n) is 2.38. The molecule has 18 heavy (non-hydrogen) atoms. The Hall–Kier alpha value is -1.26. The maximum Gasteiger partial charge on any atom is 0.185 e. The second kappa shape index (κ2) is 5.59. The van der Waals surface area contributed by atoms with Crippen LogP contribution in [0.1, 0.15) is 16.1 Å². The summed E-state index contributed by atoms with van der Waals surface area (Å²) in [6.07, 6.45) is 1.50. The van der Waals surface area contributed by atoms with Gasteiger partial charge in [0, 0.05) is 22.1 Å². The van der Waals surface area contributed by atoms with E-state index >= 15 is 0 Å². The number of nitrogens with zero attached hydrogens (tertiary/aromatic N) is 1. The molecule has 0 fully saturated rings. The fourth-order valence-corrected chi connectivity index (χ4v) is 1.86. The number of hydrogen-bond acceptors (Lipinski definition) is 2. The van der Waals surface area contributed by atoms with E-state index in [0.717, 1.165) is 4.47 Å². The van der Waals surface area contributed by atoms with Crippen LogP contribution < -0.4 is 0 Å². The van der Waals surface area contributed by atoms with Gasteiger partial charge in [0.1, 0.15) is 11.5 Å². The minimum Gasteiger partial charge on any atom is -0.292 e. The maximum atomic E-state index is 13.5. The molecular weight excluding hydrogens is 321 g/mol. The maximum absolute atomic E-state index is 13.5. The summed E-state index contributed by atoms with van der Waals surface area (Å²) in [6.45, 7) is 0. The van der Waals surface area contributed by atoms with Crippen molar-refractivity contribution in [3.05, 3.63) is 63.1 Å². The van der Waals surface area contributed by atoms with Gasteiger partial charge >= 0.3 is 0 Å². The Morgan fingerprint density at radius 2 is 2.11 bits per heavy atom. The molecule has 0 spiro atoms. The lowest BCUT2D eigenvalue weighted by molar-refractivity contribution is 0.0987. The van der Waals surface area contributed by atoms with Crippen molar-refractivity contribution in [2.75, 3.05) is 0 Å². The number of halogens is 3. The first kappa shape index (κ1) is 13.2. The van der Waals surface area contributed by atoms with E-state index in [2.05, 4.69) is 20.9 Å². The van der Waals surface area contributed by atoms with Crippen LogP contribution in [0.4, 0.5) is 4.39 Å². The smallest absolute Gasteiger partial charge is 0.185 e. The molecule has 1 heterocycles. The van der Waals surface area contributed by atoms with Crippen molar-refractivity contribution in [3.63, 3.8) is 0 Å². The predicted octanol–water partition coefficient (Wildman–Crippen LogP) is 4.06. The Labute approximate surface area is 117 Å². The second-order valence-electron chi connectivity index (χ2n) is 3.70. The third kappa shape index (κ3) is 3.15. The highest BCUT2D eigenvalue weighted by atomic mass is 79.9. The van der Waals surface area contributed by atoms with Gasteiger partial charge in [-0.25, -0.2) is 4.39 Å². The van der Waals surface area contributed by atoms with Crippen molar-refractivity contribution in [1.82, 2.24) is 4.98 Å². The van der Waals surface area contributed by atoms with Gasteiger partial charge in [0.05, 0.1) is 0 Å². The zero-order valence-electron chi connectivity index (χ0n) is 9.16. The van der Waals surface area contributed by atoms with E-state index in [4.69, 9.17) is 11.6 Å². The Bertz CT molecular complexity index is 586. The van der Waals surface area contributed by atoms with Crippen LogP contribution in [0.15, 0.2) is 41.0 Å². The van der Waals surface area contributed by atoms with Crippen molar-refractivity contribution in [1.29, 1.82) is 0 Å². The molecule has 0 saturated heterocycles. The summed E-state index contributed by atoms with van der Waals surface area (Å²) in [7, 11) is 0. The quantitative estimate of drug-likeness (QED) is 0.795. The van der Waals surface area contributed by atoms with Crippen molar-refractivity contribution in [2.45, 2.75) is 6.42 Å². The lowest BCUT2D eigenvalue weighted by atomic mass is 10.1. The number of Topliss-reactive ketones (excluding diaryl/α,β-unsaturated/α-hetero) is 1. The topological polar surface area (TPSA) is 30.0 Å². The molecule has 0 unspecified atom stereocenters. The largest absolute Gasteiger partial charge is 0.292 e. The summed E-state index contributed by atoms with van der Waals surface area (Å²) in [5.74, 6) is -0.711. The summed E-state index contributed by atoms with van der Waals surface area (Å²) >= 11 is 8.88. The van der Waals surface area contributed by atoms with Crippen LogP contribution in [0.3, 0.4) is 0 Å². The standard InChI is InChI=1S/C13H8BrClFNO/c14-9-2-4-12(17-7-9)13(18)5-8-1-3-10(15)6-11(8)16/h1-4,6-7H,5H2. The first-order valence-corrected chi connectivity index (χ1v) is 6.32. The lowest BCUT2D eigenvalue weighted by Gasteiger charge is -2.03. The molecule has 1 aromatic carbocycles. The molecule has 1 aromatic heterocycles. The first-order chi connectivity index (χ1) is 8.56. The molecule has 5 heteroatoms. The van der Waals surface area contributed by atoms with Gasteiger partial charge in [0.25, 0.3) is 0 Å². The zero-order chi connectivity index (χ0) is 13.1. The van der Waals surface area contributed by atoms with Gasteiger partial charge in [-0.1, -0.05) is 17.7 Å². The molecular formula is C13H8BrClFNO. The molecule has 0 N–H and O–H groups in total. The average Bonchev–Trinajstić information content (AvgIpc) is 2.33. The second-order valence-corrected chi connectivity index (χ2v) is 5.05. The fourth-order valence-electron chi connectivity index (χ4n) is 1.47. The van der Waals surface area contributed by atoms with E-state index in [-0.39, 0.29) is 12.2 Å². The van der Waals surface area contributed by atoms with Gasteiger partial charge < -0.3 is 0 Å². The lowest BCUT2D eigenvalue weighted by Crippen LogP contribution is -2.07. The molecule has 0 amide bonds. The molecule has 0 saturated carbocycles. The summed E-state index contributed by atoms with van der Waals surface area (Å²) in [5.41, 5.74) is 0.627. The third-order valence-corrected chi connectivity index (χ3v) is 3.08. The average molecular weight is 329 g/mol. The van der Waals surface area contributed by atoms with Crippen LogP contribution in [0.2, 0.25) is 5.02 Å². The Morgan fingerprint density at radius 1 is 1.33 bits per heavy atom. The Morgan fingerprint density at radius 3 is 2.72 bits per heavy atom. The molecule has 0 atom stereocenters. The van der Waals surface area contributed by atoms with E-state index in [1.165, 1.54) is 18.3 Å². The Balaban J connectivity index is 2.18. The van der Waals surface area contributed by atoms with Gasteiger partial charge in [0.2, 0.25) is 0 Å². The molecule has 2 nitrogen and oxygen atoms in total. The minimum atomic E-state index is -0.479. The van der Waals surface area contributed by atoms with Crippen LogP contribution in [0.25, 0.3) is 0 Å². The normalized spacial score (nSPS) is 10.4. The van der Waals surface area contributed by atoms with E-state index in [9.17, 15) is 9.18 Å². The van der Waals surface area contributed by atoms with Gasteiger partial charge in [-0.2, -0.15) is 0 Å². The van der Waals surface area contributed by atoms with E-state index in [0.29, 0.717) is 16.3 Å². The van der Waals surface area contributed by atoms with Gasteiger partial charge in [-0.3, -0.25) is 9.78 Å². The Kier molecular flexibility index (Phi) is 4.09. The number of carbonyl (C=O) groups excluding carboxylic acids is 1. The number of pyridine rings is 1. The molecule has 0 aliphatic heterocycles. The highest BCUT2D eigenvalue weighted by molar-refractivity contribution is 9.10. The van der Waals surface area contributed by atoms with Crippen LogP contribution in [0, 0.1) is 5.82 Å². The predicted molar refractivity (Wildman–Crippen MR) is 71.4 cm³/mol.